The number of hydrogen-bond donors (Lipinski definition) is 2. The molecule has 0 radical (unpaired) electrons. The van der Waals surface area contributed by atoms with E-state index in [4.69, 9.17) is 23.2 Å². The summed E-state index contributed by atoms with van der Waals surface area (Å²) < 4.78 is 0.328. The second-order valence-electron chi connectivity index (χ2n) is 8.99. The van der Waals surface area contributed by atoms with E-state index in [-0.39, 0.29) is 26.5 Å². The predicted molar refractivity (Wildman–Crippen MR) is 119 cm³/mol. The molecule has 11 heteroatoms. The molecule has 2 unspecified atom stereocenters. The van der Waals surface area contributed by atoms with E-state index >= 15 is 0 Å². The fourth-order valence-corrected chi connectivity index (χ4v) is 8.69. The quantitative estimate of drug-likeness (QED) is 0.425. The number of aliphatic hydroxyl groups is 1. The van der Waals surface area contributed by atoms with E-state index in [1.54, 1.807) is 0 Å². The first-order valence-electron chi connectivity index (χ1n) is 9.95. The average molecular weight is 500 g/mol. The van der Waals surface area contributed by atoms with Gasteiger partial charge in [0.2, 0.25) is 0 Å². The van der Waals surface area contributed by atoms with Crippen molar-refractivity contribution in [3.05, 3.63) is 43.5 Å². The zero-order valence-corrected chi connectivity index (χ0v) is 19.4. The summed E-state index contributed by atoms with van der Waals surface area (Å²) in [6, 6.07) is 1.31. The van der Waals surface area contributed by atoms with Crippen molar-refractivity contribution in [2.75, 3.05) is 0 Å². The van der Waals surface area contributed by atoms with Gasteiger partial charge in [-0.1, -0.05) is 35.0 Å². The lowest BCUT2D eigenvalue weighted by atomic mass is 9.51. The van der Waals surface area contributed by atoms with E-state index in [1.807, 2.05) is 0 Å². The average Bonchev–Trinajstić information content (AvgIpc) is 3.07. The van der Waals surface area contributed by atoms with Crippen molar-refractivity contribution in [2.45, 2.75) is 58.8 Å². The van der Waals surface area contributed by atoms with Crippen LogP contribution in [0.4, 0.5) is 5.69 Å². The minimum absolute atomic E-state index is 0.159. The molecule has 4 fully saturated rings. The molecule has 6 rings (SSSR count). The van der Waals surface area contributed by atoms with Crippen LogP contribution in [0.3, 0.4) is 0 Å². The van der Waals surface area contributed by atoms with Crippen LogP contribution in [0.15, 0.2) is 27.6 Å². The summed E-state index contributed by atoms with van der Waals surface area (Å²) in [5, 5.41) is 26.3. The highest BCUT2D eigenvalue weighted by Gasteiger charge is 2.57. The maximum atomic E-state index is 13.1. The molecule has 2 aromatic rings. The lowest BCUT2D eigenvalue weighted by molar-refractivity contribution is -0.387. The molecule has 31 heavy (non-hydrogen) atoms. The van der Waals surface area contributed by atoms with Crippen molar-refractivity contribution in [3.63, 3.8) is 0 Å². The minimum atomic E-state index is -0.700. The topological polar surface area (TPSA) is 105 Å². The maximum absolute atomic E-state index is 13.1. The van der Waals surface area contributed by atoms with Crippen LogP contribution in [0.5, 0.6) is 0 Å². The Hall–Kier alpha value is -1.39. The van der Waals surface area contributed by atoms with Gasteiger partial charge in [-0.25, -0.2) is 0 Å². The summed E-state index contributed by atoms with van der Waals surface area (Å²) in [7, 11) is 0. The third-order valence-electron chi connectivity index (χ3n) is 6.51. The van der Waals surface area contributed by atoms with Crippen LogP contribution in [0.1, 0.15) is 48.2 Å². The van der Waals surface area contributed by atoms with Crippen LogP contribution in [0, 0.1) is 22.0 Å². The van der Waals surface area contributed by atoms with Crippen molar-refractivity contribution in [1.29, 1.82) is 0 Å². The van der Waals surface area contributed by atoms with Gasteiger partial charge >= 0.3 is 0 Å². The molecule has 4 saturated carbocycles. The highest BCUT2D eigenvalue weighted by atomic mass is 35.5. The molecule has 2 aromatic heterocycles. The van der Waals surface area contributed by atoms with Crippen molar-refractivity contribution in [3.8, 4) is 0 Å². The SMILES string of the molecule is O=C(NC12C[C@@H]3C[C@@H](CC(O)(C3)C1)C2)c1cc([N+](=O)[O-])c(Sc2c(Cl)cncc2Cl)s1. The van der Waals surface area contributed by atoms with Crippen molar-refractivity contribution < 1.29 is 14.8 Å². The molecule has 2 N–H and O–H groups in total. The van der Waals surface area contributed by atoms with E-state index in [9.17, 15) is 20.0 Å². The monoisotopic (exact) mass is 499 g/mol. The molecular formula is C20H19Cl2N3O4S2. The van der Waals surface area contributed by atoms with Gasteiger partial charge in [-0.15, -0.1) is 11.3 Å². The Morgan fingerprint density at radius 1 is 1.26 bits per heavy atom. The molecule has 164 valence electrons. The van der Waals surface area contributed by atoms with E-state index in [1.165, 1.54) is 18.5 Å². The van der Waals surface area contributed by atoms with Gasteiger partial charge in [-0.2, -0.15) is 0 Å². The molecule has 0 aliphatic heterocycles. The second kappa shape index (κ2) is 7.59. The molecule has 1 amide bonds. The van der Waals surface area contributed by atoms with Crippen LogP contribution >= 0.6 is 46.3 Å². The number of carbonyl (C=O) groups is 1. The summed E-state index contributed by atoms with van der Waals surface area (Å²) >= 11 is 14.4. The van der Waals surface area contributed by atoms with Gasteiger partial charge in [0.1, 0.15) is 9.09 Å². The smallest absolute Gasteiger partial charge is 0.294 e. The van der Waals surface area contributed by atoms with Crippen LogP contribution in [-0.4, -0.2) is 32.1 Å². The van der Waals surface area contributed by atoms with Crippen LogP contribution in [0.2, 0.25) is 10.0 Å². The summed E-state index contributed by atoms with van der Waals surface area (Å²) in [6.45, 7) is 0. The van der Waals surface area contributed by atoms with Gasteiger partial charge in [-0.05, 0) is 50.4 Å². The molecule has 4 bridgehead atoms. The Morgan fingerprint density at radius 2 is 1.90 bits per heavy atom. The molecule has 4 aliphatic carbocycles. The number of pyridine rings is 1. The number of rotatable bonds is 5. The van der Waals surface area contributed by atoms with Crippen LogP contribution in [-0.2, 0) is 0 Å². The highest BCUT2D eigenvalue weighted by Crippen LogP contribution is 2.57. The Morgan fingerprint density at radius 3 is 2.48 bits per heavy atom. The number of aromatic nitrogens is 1. The van der Waals surface area contributed by atoms with Crippen molar-refractivity contribution >= 4 is 57.9 Å². The number of nitrogens with one attached hydrogen (secondary N) is 1. The largest absolute Gasteiger partial charge is 0.390 e. The summed E-state index contributed by atoms with van der Waals surface area (Å²) in [5.41, 5.74) is -1.29. The number of nitrogens with zero attached hydrogens (tertiary/aromatic N) is 2. The molecule has 7 nitrogen and oxygen atoms in total. The molecule has 2 heterocycles. The van der Waals surface area contributed by atoms with E-state index in [2.05, 4.69) is 10.3 Å². The summed E-state index contributed by atoms with van der Waals surface area (Å²) in [5.74, 6) is 0.509. The van der Waals surface area contributed by atoms with Crippen LogP contribution < -0.4 is 5.32 Å². The normalized spacial score (nSPS) is 31.1. The first-order valence-corrected chi connectivity index (χ1v) is 12.3. The Bertz CT molecular complexity index is 1060. The fraction of sp³-hybridized carbons (Fsp3) is 0.500. The summed E-state index contributed by atoms with van der Waals surface area (Å²) in [4.78, 5) is 28.9. The van der Waals surface area contributed by atoms with Crippen molar-refractivity contribution in [1.82, 2.24) is 10.3 Å². The van der Waals surface area contributed by atoms with Gasteiger partial charge in [0.05, 0.1) is 25.5 Å². The fourth-order valence-electron chi connectivity index (χ4n) is 5.93. The van der Waals surface area contributed by atoms with E-state index in [0.29, 0.717) is 27.4 Å². The standard InChI is InChI=1S/C20H19Cl2N3O4S2/c21-12-7-23-8-13(22)16(12)31-18-14(25(28)29)2-15(30-18)17(26)24-19-3-10-1-11(4-19)6-20(27,5-10)9-19/h2,7-8,10-11,27H,1,3-6,9H2,(H,24,26)/t10-,11+,19?,20?. The number of nitro groups is 1. The van der Waals surface area contributed by atoms with E-state index in [0.717, 1.165) is 55.2 Å². The summed E-state index contributed by atoms with van der Waals surface area (Å²) in [6.07, 6.45) is 7.82. The third kappa shape index (κ3) is 3.95. The highest BCUT2D eigenvalue weighted by molar-refractivity contribution is 8.01. The number of thiophene rings is 1. The number of carbonyl (C=O) groups excluding carboxylic acids is 1. The van der Waals surface area contributed by atoms with Gasteiger partial charge in [0.15, 0.2) is 0 Å². The van der Waals surface area contributed by atoms with E-state index < -0.39 is 16.1 Å². The Balaban J connectivity index is 1.41. The second-order valence-corrected chi connectivity index (χ2v) is 12.1. The zero-order chi connectivity index (χ0) is 22.0. The van der Waals surface area contributed by atoms with Gasteiger partial charge < -0.3 is 10.4 Å². The Kier molecular flexibility index (Phi) is 5.25. The molecule has 0 saturated heterocycles. The molecule has 0 spiro atoms. The van der Waals surface area contributed by atoms with Gasteiger partial charge in [-0.3, -0.25) is 19.9 Å². The number of hydrogen-bond acceptors (Lipinski definition) is 7. The lowest BCUT2D eigenvalue weighted by Crippen LogP contribution is -2.65. The first-order chi connectivity index (χ1) is 14.7. The minimum Gasteiger partial charge on any atom is -0.390 e. The molecule has 4 atom stereocenters. The third-order valence-corrected chi connectivity index (χ3v) is 9.77. The lowest BCUT2D eigenvalue weighted by Gasteiger charge is -2.60. The molecule has 0 aromatic carbocycles. The number of amides is 1. The van der Waals surface area contributed by atoms with Crippen molar-refractivity contribution in [2.24, 2.45) is 11.8 Å². The zero-order valence-electron chi connectivity index (χ0n) is 16.3. The Labute approximate surface area is 196 Å². The van der Waals surface area contributed by atoms with Gasteiger partial charge in [0, 0.05) is 24.0 Å². The van der Waals surface area contributed by atoms with Gasteiger partial charge in [0.25, 0.3) is 11.6 Å². The maximum Gasteiger partial charge on any atom is 0.294 e. The van der Waals surface area contributed by atoms with Crippen LogP contribution in [0.25, 0.3) is 0 Å². The predicted octanol–water partition coefficient (Wildman–Crippen LogP) is 5.32. The first kappa shape index (κ1) is 21.5. The molecular weight excluding hydrogens is 481 g/mol. The number of halogens is 2. The molecule has 4 aliphatic rings.